The zero-order valence-electron chi connectivity index (χ0n) is 15.7. The quantitative estimate of drug-likeness (QED) is 0.681. The van der Waals surface area contributed by atoms with Crippen LogP contribution < -0.4 is 0 Å². The molecule has 1 unspecified atom stereocenters. The van der Waals surface area contributed by atoms with Crippen molar-refractivity contribution in [3.05, 3.63) is 47.4 Å². The summed E-state index contributed by atoms with van der Waals surface area (Å²) in [5.74, 6) is 0.626. The normalized spacial score (nSPS) is 19.8. The highest BCUT2D eigenvalue weighted by Gasteiger charge is 2.44. The van der Waals surface area contributed by atoms with Gasteiger partial charge in [0.25, 0.3) is 5.89 Å². The second-order valence-electron chi connectivity index (χ2n) is 7.02. The maximum absolute atomic E-state index is 15.6. The Bertz CT molecular complexity index is 967. The molecule has 1 atom stereocenters. The highest BCUT2D eigenvalue weighted by Crippen LogP contribution is 2.35. The number of amides is 1. The number of carbonyl (C=O) groups excluding carboxylic acids is 1. The summed E-state index contributed by atoms with van der Waals surface area (Å²) in [7, 11) is 0. The van der Waals surface area contributed by atoms with Gasteiger partial charge in [-0.1, -0.05) is 10.3 Å². The van der Waals surface area contributed by atoms with E-state index in [0.717, 1.165) is 5.56 Å². The molecule has 0 bridgehead atoms. The number of aryl methyl sites for hydroxylation is 2. The van der Waals surface area contributed by atoms with E-state index in [0.29, 0.717) is 35.8 Å². The zero-order chi connectivity index (χ0) is 19.7. The van der Waals surface area contributed by atoms with Crippen LogP contribution in [0.5, 0.6) is 0 Å². The summed E-state index contributed by atoms with van der Waals surface area (Å²) < 4.78 is 26.0. The smallest absolute Gasteiger partial charge is 0.266 e. The maximum Gasteiger partial charge on any atom is 0.266 e. The first-order valence-corrected chi connectivity index (χ1v) is 9.09. The van der Waals surface area contributed by atoms with Crippen LogP contribution in [0.2, 0.25) is 0 Å². The van der Waals surface area contributed by atoms with Gasteiger partial charge in [0.2, 0.25) is 17.4 Å². The van der Waals surface area contributed by atoms with Crippen LogP contribution in [0.25, 0.3) is 11.4 Å². The number of pyridine rings is 1. The van der Waals surface area contributed by atoms with Crippen molar-refractivity contribution in [1.29, 1.82) is 0 Å². The molecule has 1 aliphatic rings. The Kier molecular flexibility index (Phi) is 4.66. The summed E-state index contributed by atoms with van der Waals surface area (Å²) in [6.07, 6.45) is 4.07. The van der Waals surface area contributed by atoms with Crippen molar-refractivity contribution in [3.63, 3.8) is 0 Å². The lowest BCUT2D eigenvalue weighted by molar-refractivity contribution is -0.135. The molecular weight excluding hydrogens is 365 g/mol. The minimum atomic E-state index is -1.87. The molecule has 8 nitrogen and oxygen atoms in total. The Morgan fingerprint density at radius 1 is 1.25 bits per heavy atom. The van der Waals surface area contributed by atoms with Crippen molar-refractivity contribution in [2.75, 3.05) is 13.1 Å². The lowest BCUT2D eigenvalue weighted by Crippen LogP contribution is -2.47. The molecule has 0 saturated carbocycles. The van der Waals surface area contributed by atoms with Gasteiger partial charge < -0.3 is 13.9 Å². The third-order valence-corrected chi connectivity index (χ3v) is 5.05. The summed E-state index contributed by atoms with van der Waals surface area (Å²) in [4.78, 5) is 22.4. The predicted molar refractivity (Wildman–Crippen MR) is 95.8 cm³/mol. The van der Waals surface area contributed by atoms with E-state index < -0.39 is 5.67 Å². The van der Waals surface area contributed by atoms with E-state index in [1.807, 2.05) is 0 Å². The van der Waals surface area contributed by atoms with Crippen molar-refractivity contribution in [2.45, 2.75) is 38.8 Å². The van der Waals surface area contributed by atoms with Gasteiger partial charge in [0, 0.05) is 30.1 Å². The maximum atomic E-state index is 15.6. The van der Waals surface area contributed by atoms with Crippen molar-refractivity contribution in [3.8, 4) is 11.4 Å². The molecule has 1 amide bonds. The highest BCUT2D eigenvalue weighted by atomic mass is 19.1. The Morgan fingerprint density at radius 3 is 2.75 bits per heavy atom. The van der Waals surface area contributed by atoms with E-state index in [-0.39, 0.29) is 31.2 Å². The molecule has 1 fully saturated rings. The van der Waals surface area contributed by atoms with Crippen LogP contribution in [0.3, 0.4) is 0 Å². The number of rotatable bonds is 4. The number of carbonyl (C=O) groups is 1. The molecule has 4 heterocycles. The topological polar surface area (TPSA) is 98.2 Å². The lowest BCUT2D eigenvalue weighted by atomic mass is 9.94. The monoisotopic (exact) mass is 385 g/mol. The molecule has 0 spiro atoms. The Balaban J connectivity index is 1.51. The van der Waals surface area contributed by atoms with Crippen LogP contribution in [0.1, 0.15) is 35.7 Å². The number of likely N-dealkylation sites (tertiary alicyclic amines) is 1. The molecule has 9 heteroatoms. The molecule has 0 radical (unpaired) electrons. The molecule has 0 aliphatic carbocycles. The van der Waals surface area contributed by atoms with E-state index in [9.17, 15) is 4.79 Å². The van der Waals surface area contributed by atoms with Gasteiger partial charge in [0.05, 0.1) is 18.7 Å². The summed E-state index contributed by atoms with van der Waals surface area (Å²) in [6, 6.07) is 3.44. The minimum absolute atomic E-state index is 0.103. The van der Waals surface area contributed by atoms with Crippen LogP contribution in [0.15, 0.2) is 33.6 Å². The zero-order valence-corrected chi connectivity index (χ0v) is 15.7. The molecule has 0 N–H and O–H groups in total. The fourth-order valence-electron chi connectivity index (χ4n) is 3.44. The van der Waals surface area contributed by atoms with E-state index in [4.69, 9.17) is 9.05 Å². The SMILES string of the molecule is Cc1noc(C)c1CC(=O)N1CCCC(F)(c2nc(-c3ccncc3)no2)C1. The lowest BCUT2D eigenvalue weighted by Gasteiger charge is -2.35. The Labute approximate surface area is 160 Å². The molecular formula is C19H20FN5O3. The average Bonchev–Trinajstić information content (AvgIpc) is 3.32. The van der Waals surface area contributed by atoms with Gasteiger partial charge in [-0.15, -0.1) is 0 Å². The van der Waals surface area contributed by atoms with Crippen LogP contribution in [0.4, 0.5) is 4.39 Å². The molecule has 146 valence electrons. The summed E-state index contributed by atoms with van der Waals surface area (Å²) >= 11 is 0. The molecule has 0 aromatic carbocycles. The molecule has 28 heavy (non-hydrogen) atoms. The summed E-state index contributed by atoms with van der Waals surface area (Å²) in [6.45, 7) is 3.91. The van der Waals surface area contributed by atoms with Crippen molar-refractivity contribution < 1.29 is 18.2 Å². The molecule has 1 aliphatic heterocycles. The van der Waals surface area contributed by atoms with Crippen molar-refractivity contribution in [1.82, 2.24) is 25.2 Å². The molecule has 1 saturated heterocycles. The van der Waals surface area contributed by atoms with E-state index >= 15 is 4.39 Å². The molecule has 3 aromatic heterocycles. The number of halogens is 1. The average molecular weight is 385 g/mol. The van der Waals surface area contributed by atoms with Gasteiger partial charge in [-0.3, -0.25) is 9.78 Å². The standard InChI is InChI=1S/C19H20FN5O3/c1-12-15(13(2)27-23-12)10-16(26)25-9-3-6-19(20,11-25)18-22-17(24-28-18)14-4-7-21-8-5-14/h4-5,7-8H,3,6,9-11H2,1-2H3. The van der Waals surface area contributed by atoms with Crippen LogP contribution in [0, 0.1) is 13.8 Å². The van der Waals surface area contributed by atoms with Gasteiger partial charge >= 0.3 is 0 Å². The van der Waals surface area contributed by atoms with Gasteiger partial charge in [0.15, 0.2) is 0 Å². The predicted octanol–water partition coefficient (Wildman–Crippen LogP) is 2.77. The first-order chi connectivity index (χ1) is 13.5. The highest BCUT2D eigenvalue weighted by molar-refractivity contribution is 5.79. The van der Waals surface area contributed by atoms with Gasteiger partial charge in [-0.05, 0) is 38.8 Å². The van der Waals surface area contributed by atoms with Gasteiger partial charge in [-0.2, -0.15) is 4.98 Å². The first kappa shape index (κ1) is 18.3. The number of aromatic nitrogens is 4. The third-order valence-electron chi connectivity index (χ3n) is 5.05. The minimum Gasteiger partial charge on any atom is -0.361 e. The number of hydrogen-bond donors (Lipinski definition) is 0. The van der Waals surface area contributed by atoms with Crippen LogP contribution >= 0.6 is 0 Å². The Hall–Kier alpha value is -3.10. The van der Waals surface area contributed by atoms with Crippen LogP contribution in [-0.2, 0) is 16.9 Å². The fourth-order valence-corrected chi connectivity index (χ4v) is 3.44. The second-order valence-corrected chi connectivity index (χ2v) is 7.02. The fraction of sp³-hybridized carbons (Fsp3) is 0.421. The van der Waals surface area contributed by atoms with E-state index in [2.05, 4.69) is 20.3 Å². The summed E-state index contributed by atoms with van der Waals surface area (Å²) in [5, 5.41) is 7.75. The van der Waals surface area contributed by atoms with Gasteiger partial charge in [0.1, 0.15) is 5.76 Å². The van der Waals surface area contributed by atoms with E-state index in [1.54, 1.807) is 38.4 Å². The number of alkyl halides is 1. The number of piperidine rings is 1. The van der Waals surface area contributed by atoms with E-state index in [1.165, 1.54) is 4.90 Å². The third kappa shape index (κ3) is 3.39. The largest absolute Gasteiger partial charge is 0.361 e. The van der Waals surface area contributed by atoms with Crippen LogP contribution in [-0.4, -0.2) is 44.2 Å². The van der Waals surface area contributed by atoms with Crippen molar-refractivity contribution >= 4 is 5.91 Å². The van der Waals surface area contributed by atoms with Crippen molar-refractivity contribution in [2.24, 2.45) is 0 Å². The van der Waals surface area contributed by atoms with Gasteiger partial charge in [-0.25, -0.2) is 4.39 Å². The molecule has 3 aromatic rings. The number of hydrogen-bond acceptors (Lipinski definition) is 7. The first-order valence-electron chi connectivity index (χ1n) is 9.09. The summed E-state index contributed by atoms with van der Waals surface area (Å²) in [5.41, 5.74) is 0.243. The second kappa shape index (κ2) is 7.14. The number of nitrogens with zero attached hydrogens (tertiary/aromatic N) is 5. The molecule has 4 rings (SSSR count). The Morgan fingerprint density at radius 2 is 2.04 bits per heavy atom.